The van der Waals surface area contributed by atoms with Crippen LogP contribution in [0.5, 0.6) is 0 Å². The fourth-order valence-corrected chi connectivity index (χ4v) is 1.01. The van der Waals surface area contributed by atoms with Crippen LogP contribution in [0.1, 0.15) is 34.1 Å². The van der Waals surface area contributed by atoms with Crippen molar-refractivity contribution in [3.8, 4) is 0 Å². The van der Waals surface area contributed by atoms with Gasteiger partial charge in [0.2, 0.25) is 0 Å². The molecule has 0 aliphatic rings. The minimum atomic E-state index is -1.25. The van der Waals surface area contributed by atoms with Crippen LogP contribution in [-0.2, 0) is 14.3 Å². The number of ether oxygens (including phenoxy) is 1. The van der Waals surface area contributed by atoms with E-state index in [0.29, 0.717) is 0 Å². The lowest BCUT2D eigenvalue weighted by molar-refractivity contribution is -0.142. The van der Waals surface area contributed by atoms with E-state index in [1.54, 1.807) is 27.7 Å². The highest BCUT2D eigenvalue weighted by molar-refractivity contribution is 5.90. The van der Waals surface area contributed by atoms with Crippen molar-refractivity contribution in [3.63, 3.8) is 0 Å². The van der Waals surface area contributed by atoms with Crippen LogP contribution in [0, 0.1) is 5.41 Å². The Morgan fingerprint density at radius 1 is 1.29 bits per heavy atom. The quantitative estimate of drug-likeness (QED) is 0.759. The predicted octanol–water partition coefficient (Wildman–Crippen LogP) is 1.19. The fraction of sp³-hybridized carbons (Fsp3) is 0.727. The van der Waals surface area contributed by atoms with E-state index in [0.717, 1.165) is 0 Å². The number of carboxylic acids is 1. The number of nitrogens with one attached hydrogen (secondary N) is 1. The van der Waals surface area contributed by atoms with Gasteiger partial charge in [0.1, 0.15) is 11.8 Å². The number of Topliss-reactive ketones (excluding diaryl/α,β-unsaturated/α-hetero) is 1. The molecule has 0 saturated carbocycles. The third-order valence-electron chi connectivity index (χ3n) is 2.09. The minimum Gasteiger partial charge on any atom is -0.480 e. The number of hydrogen-bond donors (Lipinski definition) is 2. The van der Waals surface area contributed by atoms with E-state index >= 15 is 0 Å². The second kappa shape index (κ2) is 6.22. The van der Waals surface area contributed by atoms with Gasteiger partial charge in [-0.15, -0.1) is 0 Å². The molecule has 0 aromatic rings. The molecule has 0 spiro atoms. The van der Waals surface area contributed by atoms with Gasteiger partial charge in [0, 0.05) is 11.8 Å². The van der Waals surface area contributed by atoms with Crippen molar-refractivity contribution in [2.45, 2.75) is 40.2 Å². The molecule has 0 radical (unpaired) electrons. The Balaban J connectivity index is 4.51. The maximum absolute atomic E-state index is 11.7. The number of aliphatic carboxylic acids is 1. The lowest BCUT2D eigenvalue weighted by atomic mass is 9.87. The van der Waals surface area contributed by atoms with E-state index < -0.39 is 23.5 Å². The molecule has 1 unspecified atom stereocenters. The van der Waals surface area contributed by atoms with Gasteiger partial charge in [0.05, 0.1) is 6.61 Å². The summed E-state index contributed by atoms with van der Waals surface area (Å²) in [5.41, 5.74) is -0.635. The van der Waals surface area contributed by atoms with Gasteiger partial charge in [0.15, 0.2) is 0 Å². The largest absolute Gasteiger partial charge is 0.480 e. The number of amides is 1. The Kier molecular flexibility index (Phi) is 5.64. The summed E-state index contributed by atoms with van der Waals surface area (Å²) in [7, 11) is 0. The highest BCUT2D eigenvalue weighted by Crippen LogP contribution is 2.17. The third kappa shape index (κ3) is 5.89. The van der Waals surface area contributed by atoms with Gasteiger partial charge in [-0.05, 0) is 6.92 Å². The molecule has 0 heterocycles. The van der Waals surface area contributed by atoms with Crippen LogP contribution >= 0.6 is 0 Å². The summed E-state index contributed by atoms with van der Waals surface area (Å²) in [4.78, 5) is 33.6. The molecule has 0 bridgehead atoms. The summed E-state index contributed by atoms with van der Waals surface area (Å²) in [6.45, 7) is 6.83. The molecule has 0 aromatic heterocycles. The van der Waals surface area contributed by atoms with Crippen molar-refractivity contribution in [3.05, 3.63) is 0 Å². The molecule has 0 aromatic carbocycles. The molecule has 0 rings (SSSR count). The lowest BCUT2D eigenvalue weighted by Gasteiger charge is -2.20. The predicted molar refractivity (Wildman–Crippen MR) is 60.7 cm³/mol. The Hall–Kier alpha value is -1.59. The summed E-state index contributed by atoms with van der Waals surface area (Å²) in [5, 5.41) is 11.0. The van der Waals surface area contributed by atoms with Crippen molar-refractivity contribution in [2.24, 2.45) is 5.41 Å². The maximum Gasteiger partial charge on any atom is 0.407 e. The first-order valence-corrected chi connectivity index (χ1v) is 5.38. The van der Waals surface area contributed by atoms with Gasteiger partial charge >= 0.3 is 12.1 Å². The van der Waals surface area contributed by atoms with Gasteiger partial charge in [-0.1, -0.05) is 20.8 Å². The third-order valence-corrected chi connectivity index (χ3v) is 2.09. The first-order valence-electron chi connectivity index (χ1n) is 5.38. The maximum atomic E-state index is 11.7. The number of ketones is 1. The summed E-state index contributed by atoms with van der Waals surface area (Å²) >= 11 is 0. The molecule has 1 atom stereocenters. The molecule has 6 heteroatoms. The summed E-state index contributed by atoms with van der Waals surface area (Å²) < 4.78 is 4.57. The van der Waals surface area contributed by atoms with Crippen LogP contribution in [-0.4, -0.2) is 35.6 Å². The average Bonchev–Trinajstić information content (AvgIpc) is 2.15. The van der Waals surface area contributed by atoms with E-state index in [1.807, 2.05) is 0 Å². The Morgan fingerprint density at radius 2 is 1.82 bits per heavy atom. The molecule has 1 amide bonds. The van der Waals surface area contributed by atoms with Crippen molar-refractivity contribution in [2.75, 3.05) is 6.61 Å². The van der Waals surface area contributed by atoms with Gasteiger partial charge in [-0.25, -0.2) is 9.59 Å². The Labute approximate surface area is 100 Å². The molecule has 6 nitrogen and oxygen atoms in total. The summed E-state index contributed by atoms with van der Waals surface area (Å²) in [5.74, 6) is -1.49. The van der Waals surface area contributed by atoms with Crippen LogP contribution in [0.25, 0.3) is 0 Å². The summed E-state index contributed by atoms with van der Waals surface area (Å²) in [6.07, 6.45) is -1.08. The fourth-order valence-electron chi connectivity index (χ4n) is 1.01. The molecular weight excluding hydrogens is 226 g/mol. The first-order chi connectivity index (χ1) is 7.68. The smallest absolute Gasteiger partial charge is 0.407 e. The van der Waals surface area contributed by atoms with Gasteiger partial charge in [0.25, 0.3) is 0 Å². The van der Waals surface area contributed by atoms with Gasteiger partial charge in [-0.2, -0.15) is 0 Å². The van der Waals surface area contributed by atoms with E-state index in [9.17, 15) is 14.4 Å². The molecule has 2 N–H and O–H groups in total. The molecule has 98 valence electrons. The average molecular weight is 245 g/mol. The standard InChI is InChI=1S/C11H19NO5/c1-5-17-10(16)12-7(9(14)15)6-8(13)11(2,3)4/h7H,5-6H2,1-4H3,(H,12,16)(H,14,15). The van der Waals surface area contributed by atoms with Crippen LogP contribution in [0.4, 0.5) is 4.79 Å². The SMILES string of the molecule is CCOC(=O)NC(CC(=O)C(C)(C)C)C(=O)O. The van der Waals surface area contributed by atoms with Gasteiger partial charge in [-0.3, -0.25) is 4.79 Å². The molecular formula is C11H19NO5. The number of rotatable bonds is 5. The zero-order valence-corrected chi connectivity index (χ0v) is 10.6. The monoisotopic (exact) mass is 245 g/mol. The van der Waals surface area contributed by atoms with Crippen molar-refractivity contribution in [1.29, 1.82) is 0 Å². The van der Waals surface area contributed by atoms with Crippen LogP contribution < -0.4 is 5.32 Å². The second-order valence-corrected chi connectivity index (χ2v) is 4.63. The number of carboxylic acid groups (broad SMARTS) is 1. The zero-order chi connectivity index (χ0) is 13.6. The minimum absolute atomic E-state index is 0.144. The van der Waals surface area contributed by atoms with E-state index in [-0.39, 0.29) is 18.8 Å². The highest BCUT2D eigenvalue weighted by Gasteiger charge is 2.29. The normalized spacial score (nSPS) is 12.7. The molecule has 0 saturated heterocycles. The zero-order valence-electron chi connectivity index (χ0n) is 10.6. The van der Waals surface area contributed by atoms with Gasteiger partial charge < -0.3 is 15.2 Å². The molecule has 0 fully saturated rings. The molecule has 0 aliphatic carbocycles. The van der Waals surface area contributed by atoms with Crippen molar-refractivity contribution >= 4 is 17.8 Å². The first kappa shape index (κ1) is 15.4. The number of alkyl carbamates (subject to hydrolysis) is 1. The Morgan fingerprint density at radius 3 is 2.18 bits per heavy atom. The number of carbonyl (C=O) groups is 3. The Bertz CT molecular complexity index is 305. The van der Waals surface area contributed by atoms with Crippen LogP contribution in [0.2, 0.25) is 0 Å². The number of hydrogen-bond acceptors (Lipinski definition) is 4. The lowest BCUT2D eigenvalue weighted by Crippen LogP contribution is -2.44. The second-order valence-electron chi connectivity index (χ2n) is 4.63. The van der Waals surface area contributed by atoms with E-state index in [2.05, 4.69) is 10.1 Å². The molecule has 17 heavy (non-hydrogen) atoms. The summed E-state index contributed by atoms with van der Waals surface area (Å²) in [6, 6.07) is -1.25. The number of carbonyl (C=O) groups excluding carboxylic acids is 2. The van der Waals surface area contributed by atoms with Crippen LogP contribution in [0.15, 0.2) is 0 Å². The topological polar surface area (TPSA) is 92.7 Å². The van der Waals surface area contributed by atoms with Crippen LogP contribution in [0.3, 0.4) is 0 Å². The molecule has 0 aliphatic heterocycles. The van der Waals surface area contributed by atoms with E-state index in [4.69, 9.17) is 5.11 Å². The van der Waals surface area contributed by atoms with E-state index in [1.165, 1.54) is 0 Å². The highest BCUT2D eigenvalue weighted by atomic mass is 16.5. The van der Waals surface area contributed by atoms with Crippen molar-refractivity contribution < 1.29 is 24.2 Å². The van der Waals surface area contributed by atoms with Crippen molar-refractivity contribution in [1.82, 2.24) is 5.32 Å².